The molecule has 1 N–H and O–H groups in total. The quantitative estimate of drug-likeness (QED) is 0.728. The van der Waals surface area contributed by atoms with Crippen LogP contribution in [0.3, 0.4) is 0 Å². The predicted octanol–water partition coefficient (Wildman–Crippen LogP) is 3.88. The number of carbonyl (C=O) groups excluding carboxylic acids is 1. The highest BCUT2D eigenvalue weighted by molar-refractivity contribution is 7.09. The maximum absolute atomic E-state index is 13.8. The minimum atomic E-state index is -0.434. The van der Waals surface area contributed by atoms with E-state index < -0.39 is 5.82 Å². The number of benzene rings is 2. The fraction of sp³-hybridized carbons (Fsp3) is 0.250. The summed E-state index contributed by atoms with van der Waals surface area (Å²) in [6.45, 7) is 0.745. The zero-order chi connectivity index (χ0) is 18.6. The molecule has 1 saturated heterocycles. The van der Waals surface area contributed by atoms with Gasteiger partial charge in [0.05, 0.1) is 5.69 Å². The molecule has 7 heteroatoms. The van der Waals surface area contributed by atoms with E-state index >= 15 is 0 Å². The molecule has 1 aliphatic rings. The van der Waals surface area contributed by atoms with Gasteiger partial charge in [-0.1, -0.05) is 42.5 Å². The Morgan fingerprint density at radius 2 is 1.96 bits per heavy atom. The Morgan fingerprint density at radius 1 is 1.19 bits per heavy atom. The molecule has 0 saturated carbocycles. The van der Waals surface area contributed by atoms with Crippen LogP contribution in [0.25, 0.3) is 0 Å². The molecule has 0 aliphatic carbocycles. The van der Waals surface area contributed by atoms with Crippen LogP contribution in [-0.2, 0) is 11.2 Å². The van der Waals surface area contributed by atoms with Gasteiger partial charge >= 0.3 is 0 Å². The molecule has 2 aromatic carbocycles. The van der Waals surface area contributed by atoms with Crippen molar-refractivity contribution in [3.05, 3.63) is 71.8 Å². The summed E-state index contributed by atoms with van der Waals surface area (Å²) in [5.74, 6) is 0.107. The van der Waals surface area contributed by atoms with Crippen LogP contribution in [0.4, 0.5) is 15.2 Å². The van der Waals surface area contributed by atoms with Crippen LogP contribution >= 0.6 is 11.5 Å². The number of para-hydroxylation sites is 1. The van der Waals surface area contributed by atoms with Gasteiger partial charge in [0.1, 0.15) is 17.7 Å². The maximum Gasteiger partial charge on any atom is 0.247 e. The van der Waals surface area contributed by atoms with Crippen molar-refractivity contribution in [2.24, 2.45) is 0 Å². The first-order chi connectivity index (χ1) is 13.2. The van der Waals surface area contributed by atoms with Crippen molar-refractivity contribution in [3.8, 4) is 0 Å². The van der Waals surface area contributed by atoms with Gasteiger partial charge in [-0.2, -0.15) is 4.37 Å². The van der Waals surface area contributed by atoms with Crippen molar-refractivity contribution in [3.63, 3.8) is 0 Å². The molecule has 0 radical (unpaired) electrons. The van der Waals surface area contributed by atoms with E-state index in [1.165, 1.54) is 17.6 Å². The number of hydrogen-bond acceptors (Lipinski definition) is 5. The van der Waals surface area contributed by atoms with E-state index in [2.05, 4.69) is 14.7 Å². The van der Waals surface area contributed by atoms with Crippen LogP contribution < -0.4 is 10.2 Å². The molecular formula is C20H19FN4OS. The summed E-state index contributed by atoms with van der Waals surface area (Å²) in [4.78, 5) is 19.3. The van der Waals surface area contributed by atoms with Crippen LogP contribution in [0, 0.1) is 5.82 Å². The first-order valence-corrected chi connectivity index (χ1v) is 9.66. The maximum atomic E-state index is 13.8. The fourth-order valence-electron chi connectivity index (χ4n) is 3.26. The summed E-state index contributed by atoms with van der Waals surface area (Å²) in [5.41, 5.74) is 1.36. The fourth-order valence-corrected chi connectivity index (χ4v) is 4.02. The Hall–Kier alpha value is -2.80. The summed E-state index contributed by atoms with van der Waals surface area (Å²) < 4.78 is 18.3. The summed E-state index contributed by atoms with van der Waals surface area (Å²) in [6, 6.07) is 15.9. The minimum absolute atomic E-state index is 0.205. The zero-order valence-electron chi connectivity index (χ0n) is 14.6. The van der Waals surface area contributed by atoms with Crippen LogP contribution in [0.15, 0.2) is 54.6 Å². The predicted molar refractivity (Wildman–Crippen MR) is 105 cm³/mol. The Bertz CT molecular complexity index is 930. The van der Waals surface area contributed by atoms with E-state index in [-0.39, 0.29) is 17.6 Å². The van der Waals surface area contributed by atoms with E-state index in [9.17, 15) is 9.18 Å². The average molecular weight is 382 g/mol. The molecule has 1 aliphatic heterocycles. The number of nitrogens with zero attached hydrogens (tertiary/aromatic N) is 3. The van der Waals surface area contributed by atoms with Gasteiger partial charge < -0.3 is 10.2 Å². The van der Waals surface area contributed by atoms with Gasteiger partial charge in [0.2, 0.25) is 11.0 Å². The minimum Gasteiger partial charge on any atom is -0.335 e. The van der Waals surface area contributed by atoms with Crippen molar-refractivity contribution in [2.45, 2.75) is 25.3 Å². The SMILES string of the molecule is O=C(Nc1ccccc1F)[C@@H]1CCCN1c1nc(Cc2ccccc2)ns1. The van der Waals surface area contributed by atoms with Crippen LogP contribution in [0.2, 0.25) is 0 Å². The van der Waals surface area contributed by atoms with E-state index in [0.29, 0.717) is 12.8 Å². The number of aromatic nitrogens is 2. The summed E-state index contributed by atoms with van der Waals surface area (Å²) in [7, 11) is 0. The Morgan fingerprint density at radius 3 is 2.78 bits per heavy atom. The van der Waals surface area contributed by atoms with Gasteiger partial charge in [0, 0.05) is 24.5 Å². The molecule has 0 unspecified atom stereocenters. The number of halogens is 1. The third-order valence-corrected chi connectivity index (χ3v) is 5.39. The highest BCUT2D eigenvalue weighted by atomic mass is 32.1. The smallest absolute Gasteiger partial charge is 0.247 e. The lowest BCUT2D eigenvalue weighted by molar-refractivity contribution is -0.117. The van der Waals surface area contributed by atoms with E-state index in [4.69, 9.17) is 0 Å². The monoisotopic (exact) mass is 382 g/mol. The van der Waals surface area contributed by atoms with Crippen LogP contribution in [0.5, 0.6) is 0 Å². The third kappa shape index (κ3) is 3.98. The van der Waals surface area contributed by atoms with E-state index in [1.807, 2.05) is 35.2 Å². The number of carbonyl (C=O) groups is 1. The van der Waals surface area contributed by atoms with Crippen LogP contribution in [0.1, 0.15) is 24.2 Å². The topological polar surface area (TPSA) is 58.1 Å². The van der Waals surface area contributed by atoms with Crippen molar-refractivity contribution >= 4 is 28.3 Å². The number of nitrogens with one attached hydrogen (secondary N) is 1. The number of amides is 1. The van der Waals surface area contributed by atoms with Gasteiger partial charge in [-0.05, 0) is 30.5 Å². The largest absolute Gasteiger partial charge is 0.335 e. The molecule has 27 heavy (non-hydrogen) atoms. The normalized spacial score (nSPS) is 16.5. The van der Waals surface area contributed by atoms with Gasteiger partial charge in [-0.3, -0.25) is 4.79 Å². The van der Waals surface area contributed by atoms with Gasteiger partial charge in [-0.15, -0.1) is 0 Å². The first kappa shape index (κ1) is 17.6. The van der Waals surface area contributed by atoms with Gasteiger partial charge in [-0.25, -0.2) is 9.37 Å². The highest BCUT2D eigenvalue weighted by Gasteiger charge is 2.33. The highest BCUT2D eigenvalue weighted by Crippen LogP contribution is 2.28. The molecule has 1 fully saturated rings. The molecule has 0 spiro atoms. The van der Waals surface area contributed by atoms with Gasteiger partial charge in [0.15, 0.2) is 0 Å². The molecule has 3 aromatic rings. The molecule has 4 rings (SSSR count). The van der Waals surface area contributed by atoms with E-state index in [1.54, 1.807) is 18.2 Å². The van der Waals surface area contributed by atoms with Crippen molar-refractivity contribution in [1.29, 1.82) is 0 Å². The second-order valence-corrected chi connectivity index (χ2v) is 7.21. The average Bonchev–Trinajstić information content (AvgIpc) is 3.33. The number of hydrogen-bond donors (Lipinski definition) is 1. The lowest BCUT2D eigenvalue weighted by atomic mass is 10.1. The molecule has 138 valence electrons. The summed E-state index contributed by atoms with van der Waals surface area (Å²) in [6.07, 6.45) is 2.27. The van der Waals surface area contributed by atoms with Crippen molar-refractivity contribution in [1.82, 2.24) is 9.36 Å². The Labute approximate surface area is 161 Å². The van der Waals surface area contributed by atoms with Crippen LogP contribution in [-0.4, -0.2) is 27.9 Å². The van der Waals surface area contributed by atoms with E-state index in [0.717, 1.165) is 29.5 Å². The first-order valence-electron chi connectivity index (χ1n) is 8.89. The molecular weight excluding hydrogens is 363 g/mol. The molecule has 1 atom stereocenters. The standard InChI is InChI=1S/C20H19FN4OS/c21-15-9-4-5-10-16(15)22-19(26)17-11-6-12-25(17)20-23-18(24-27-20)13-14-7-2-1-3-8-14/h1-5,7-10,17H,6,11-13H2,(H,22,26)/t17-/m0/s1. The summed E-state index contributed by atoms with van der Waals surface area (Å²) >= 11 is 1.31. The summed E-state index contributed by atoms with van der Waals surface area (Å²) in [5, 5.41) is 3.44. The molecule has 1 aromatic heterocycles. The zero-order valence-corrected chi connectivity index (χ0v) is 15.5. The van der Waals surface area contributed by atoms with Crippen molar-refractivity contribution in [2.75, 3.05) is 16.8 Å². The molecule has 5 nitrogen and oxygen atoms in total. The lowest BCUT2D eigenvalue weighted by Crippen LogP contribution is -2.39. The second kappa shape index (κ2) is 7.84. The molecule has 1 amide bonds. The van der Waals surface area contributed by atoms with Crippen molar-refractivity contribution < 1.29 is 9.18 Å². The molecule has 2 heterocycles. The van der Waals surface area contributed by atoms with Gasteiger partial charge in [0.25, 0.3) is 0 Å². The number of rotatable bonds is 5. The third-order valence-electron chi connectivity index (χ3n) is 4.60. The Kier molecular flexibility index (Phi) is 5.11. The Balaban J connectivity index is 1.47. The molecule has 0 bridgehead atoms. The number of anilines is 2. The lowest BCUT2D eigenvalue weighted by Gasteiger charge is -2.22. The second-order valence-electron chi connectivity index (χ2n) is 6.48.